The summed E-state index contributed by atoms with van der Waals surface area (Å²) in [6.07, 6.45) is 3.05. The smallest absolute Gasteiger partial charge is 0.0846 e. The van der Waals surface area contributed by atoms with Crippen LogP contribution in [0.2, 0.25) is 0 Å². The Bertz CT molecular complexity index is 426. The summed E-state index contributed by atoms with van der Waals surface area (Å²) in [7, 11) is 0. The van der Waals surface area contributed by atoms with Crippen LogP contribution in [0.1, 0.15) is 24.8 Å². The van der Waals surface area contributed by atoms with E-state index in [1.807, 2.05) is 18.2 Å². The van der Waals surface area contributed by atoms with Crippen molar-refractivity contribution in [2.45, 2.75) is 26.2 Å². The molecule has 1 aliphatic rings. The van der Waals surface area contributed by atoms with Crippen molar-refractivity contribution in [1.29, 1.82) is 5.26 Å². The predicted molar refractivity (Wildman–Crippen MR) is 61.2 cm³/mol. The molecule has 0 amide bonds. The summed E-state index contributed by atoms with van der Waals surface area (Å²) in [6, 6.07) is 10.4. The van der Waals surface area contributed by atoms with Crippen molar-refractivity contribution in [2.75, 3.05) is 0 Å². The molecule has 0 spiro atoms. The van der Waals surface area contributed by atoms with Crippen LogP contribution in [0.25, 0.3) is 0 Å². The Hall–Kier alpha value is -1.62. The molecule has 1 aliphatic carbocycles. The molecule has 0 N–H and O–H groups in total. The molecule has 2 nitrogen and oxygen atoms in total. The quantitative estimate of drug-likeness (QED) is 0.681. The van der Waals surface area contributed by atoms with Gasteiger partial charge in [-0.05, 0) is 37.8 Å². The molecule has 0 radical (unpaired) electrons. The minimum atomic E-state index is 0.0459. The lowest BCUT2D eigenvalue weighted by Gasteiger charge is -2.03. The van der Waals surface area contributed by atoms with Gasteiger partial charge < -0.3 is 0 Å². The van der Waals surface area contributed by atoms with Crippen molar-refractivity contribution < 1.29 is 0 Å². The van der Waals surface area contributed by atoms with Crippen molar-refractivity contribution >= 4 is 11.4 Å². The largest absolute Gasteiger partial charge is 0.256 e. The zero-order valence-electron chi connectivity index (χ0n) is 8.90. The summed E-state index contributed by atoms with van der Waals surface area (Å²) in [5.74, 6) is 0.0459. The van der Waals surface area contributed by atoms with E-state index < -0.39 is 0 Å². The highest BCUT2D eigenvalue weighted by atomic mass is 14.8. The average molecular weight is 198 g/mol. The lowest BCUT2D eigenvalue weighted by Crippen LogP contribution is -2.03. The maximum atomic E-state index is 8.95. The first-order chi connectivity index (χ1) is 7.31. The second-order valence-electron chi connectivity index (χ2n) is 3.96. The van der Waals surface area contributed by atoms with Crippen LogP contribution in [0.5, 0.6) is 0 Å². The Labute approximate surface area is 90.3 Å². The Kier molecular flexibility index (Phi) is 2.82. The van der Waals surface area contributed by atoms with E-state index in [0.717, 1.165) is 30.7 Å². The molecule has 76 valence electrons. The second kappa shape index (κ2) is 4.27. The highest BCUT2D eigenvalue weighted by Crippen LogP contribution is 2.26. The molecule has 1 saturated carbocycles. The van der Waals surface area contributed by atoms with Crippen LogP contribution in [-0.2, 0) is 0 Å². The van der Waals surface area contributed by atoms with Crippen molar-refractivity contribution in [3.8, 4) is 6.07 Å². The predicted octanol–water partition coefficient (Wildman–Crippen LogP) is 3.39. The van der Waals surface area contributed by atoms with E-state index in [4.69, 9.17) is 5.26 Å². The van der Waals surface area contributed by atoms with Gasteiger partial charge in [-0.2, -0.15) is 5.26 Å². The lowest BCUT2D eigenvalue weighted by molar-refractivity contribution is 0.795. The van der Waals surface area contributed by atoms with E-state index in [0.29, 0.717) is 0 Å². The number of hydrogen-bond acceptors (Lipinski definition) is 2. The highest BCUT2D eigenvalue weighted by Gasteiger charge is 2.21. The molecule has 0 aromatic heterocycles. The van der Waals surface area contributed by atoms with E-state index in [2.05, 4.69) is 24.1 Å². The van der Waals surface area contributed by atoms with E-state index >= 15 is 0 Å². The maximum Gasteiger partial charge on any atom is 0.0846 e. The van der Waals surface area contributed by atoms with Crippen molar-refractivity contribution in [3.63, 3.8) is 0 Å². The molecule has 0 bridgehead atoms. The van der Waals surface area contributed by atoms with E-state index in [-0.39, 0.29) is 5.92 Å². The summed E-state index contributed by atoms with van der Waals surface area (Å²) in [4.78, 5) is 4.60. The van der Waals surface area contributed by atoms with Crippen LogP contribution in [0, 0.1) is 24.2 Å². The summed E-state index contributed by atoms with van der Waals surface area (Å²) >= 11 is 0. The fourth-order valence-corrected chi connectivity index (χ4v) is 1.94. The van der Waals surface area contributed by atoms with Gasteiger partial charge in [0.25, 0.3) is 0 Å². The number of nitrogens with zero attached hydrogens (tertiary/aromatic N) is 2. The first kappa shape index (κ1) is 9.92. The summed E-state index contributed by atoms with van der Waals surface area (Å²) in [6.45, 7) is 2.05. The molecule has 0 saturated heterocycles. The van der Waals surface area contributed by atoms with Gasteiger partial charge >= 0.3 is 0 Å². The number of aryl methyl sites for hydroxylation is 1. The standard InChI is InChI=1S/C13H14N2/c1-10-5-2-3-7-12(10)15-13-8-4-6-11(13)9-14/h2-3,5,7,11H,4,6,8H2,1H3/b15-13+. The third-order valence-electron chi connectivity index (χ3n) is 2.86. The van der Waals surface area contributed by atoms with Crippen LogP contribution in [0.3, 0.4) is 0 Å². The molecule has 15 heavy (non-hydrogen) atoms. The van der Waals surface area contributed by atoms with Gasteiger partial charge in [0.15, 0.2) is 0 Å². The first-order valence-corrected chi connectivity index (χ1v) is 5.34. The number of nitriles is 1. The Balaban J connectivity index is 2.31. The van der Waals surface area contributed by atoms with Crippen LogP contribution in [-0.4, -0.2) is 5.71 Å². The van der Waals surface area contributed by atoms with Gasteiger partial charge in [0.1, 0.15) is 0 Å². The third kappa shape index (κ3) is 2.07. The number of benzene rings is 1. The average Bonchev–Trinajstić information content (AvgIpc) is 2.69. The molecule has 1 atom stereocenters. The molecule has 0 heterocycles. The molecule has 1 unspecified atom stereocenters. The van der Waals surface area contributed by atoms with Gasteiger partial charge in [-0.15, -0.1) is 0 Å². The zero-order valence-corrected chi connectivity index (χ0v) is 8.90. The molecule has 1 fully saturated rings. The van der Waals surface area contributed by atoms with Crippen molar-refractivity contribution in [2.24, 2.45) is 10.9 Å². The number of hydrogen-bond donors (Lipinski definition) is 0. The Morgan fingerprint density at radius 2 is 2.20 bits per heavy atom. The minimum Gasteiger partial charge on any atom is -0.256 e. The van der Waals surface area contributed by atoms with Crippen LogP contribution in [0.4, 0.5) is 5.69 Å². The van der Waals surface area contributed by atoms with Gasteiger partial charge in [-0.3, -0.25) is 4.99 Å². The monoisotopic (exact) mass is 198 g/mol. The van der Waals surface area contributed by atoms with E-state index in [1.165, 1.54) is 5.56 Å². The normalized spacial score (nSPS) is 22.9. The van der Waals surface area contributed by atoms with Gasteiger partial charge in [0.05, 0.1) is 17.7 Å². The van der Waals surface area contributed by atoms with Gasteiger partial charge in [0, 0.05) is 5.71 Å². The Morgan fingerprint density at radius 1 is 1.40 bits per heavy atom. The molecule has 2 heteroatoms. The SMILES string of the molecule is Cc1ccccc1/N=C1\CCCC1C#N. The molecular formula is C13H14N2. The zero-order chi connectivity index (χ0) is 10.7. The van der Waals surface area contributed by atoms with E-state index in [1.54, 1.807) is 0 Å². The van der Waals surface area contributed by atoms with Crippen LogP contribution in [0.15, 0.2) is 29.3 Å². The van der Waals surface area contributed by atoms with Crippen LogP contribution < -0.4 is 0 Å². The lowest BCUT2D eigenvalue weighted by atomic mass is 10.1. The van der Waals surface area contributed by atoms with Gasteiger partial charge in [0.2, 0.25) is 0 Å². The fourth-order valence-electron chi connectivity index (χ4n) is 1.94. The molecule has 1 aromatic rings. The maximum absolute atomic E-state index is 8.95. The first-order valence-electron chi connectivity index (χ1n) is 5.34. The van der Waals surface area contributed by atoms with E-state index in [9.17, 15) is 0 Å². The number of aliphatic imine (C=N–C) groups is 1. The number of rotatable bonds is 1. The third-order valence-corrected chi connectivity index (χ3v) is 2.86. The molecule has 0 aliphatic heterocycles. The molecule has 1 aromatic carbocycles. The van der Waals surface area contributed by atoms with Crippen molar-refractivity contribution in [1.82, 2.24) is 0 Å². The summed E-state index contributed by atoms with van der Waals surface area (Å²) in [5, 5.41) is 8.95. The summed E-state index contributed by atoms with van der Waals surface area (Å²) < 4.78 is 0. The molecular weight excluding hydrogens is 184 g/mol. The molecule has 2 rings (SSSR count). The second-order valence-corrected chi connectivity index (χ2v) is 3.96. The van der Waals surface area contributed by atoms with Gasteiger partial charge in [-0.25, -0.2) is 0 Å². The Morgan fingerprint density at radius 3 is 2.93 bits per heavy atom. The van der Waals surface area contributed by atoms with Crippen molar-refractivity contribution in [3.05, 3.63) is 29.8 Å². The highest BCUT2D eigenvalue weighted by molar-refractivity contribution is 5.92. The number of para-hydroxylation sites is 1. The topological polar surface area (TPSA) is 36.1 Å². The minimum absolute atomic E-state index is 0.0459. The fraction of sp³-hybridized carbons (Fsp3) is 0.385. The van der Waals surface area contributed by atoms with Gasteiger partial charge in [-0.1, -0.05) is 18.2 Å². The summed E-state index contributed by atoms with van der Waals surface area (Å²) in [5.41, 5.74) is 3.25. The van der Waals surface area contributed by atoms with Crippen LogP contribution >= 0.6 is 0 Å².